The first-order valence-corrected chi connectivity index (χ1v) is 5.16. The number of halogens is 1. The van der Waals surface area contributed by atoms with Crippen LogP contribution in [0.5, 0.6) is 5.75 Å². The Balaban J connectivity index is 2.28. The lowest BCUT2D eigenvalue weighted by Crippen LogP contribution is -1.96. The van der Waals surface area contributed by atoms with Crippen molar-refractivity contribution >= 4 is 17.1 Å². The minimum atomic E-state index is -0.303. The number of nitrogens with one attached hydrogen (secondary N) is 1. The van der Waals surface area contributed by atoms with Crippen molar-refractivity contribution in [3.8, 4) is 5.75 Å². The summed E-state index contributed by atoms with van der Waals surface area (Å²) in [6.07, 6.45) is 0. The molecule has 0 radical (unpaired) electrons. The molecular weight excluding hydrogens is 219 g/mol. The molecule has 2 aromatic rings. The number of rotatable bonds is 3. The number of nitrogens with two attached hydrogens (primary N) is 1. The van der Waals surface area contributed by atoms with Gasteiger partial charge in [0.25, 0.3) is 0 Å². The fraction of sp³-hybridized carbons (Fsp3) is 0.0769. The third kappa shape index (κ3) is 2.47. The van der Waals surface area contributed by atoms with Crippen molar-refractivity contribution in [3.05, 3.63) is 48.3 Å². The molecule has 0 aliphatic rings. The van der Waals surface area contributed by atoms with Crippen LogP contribution >= 0.6 is 0 Å². The first-order chi connectivity index (χ1) is 8.20. The van der Waals surface area contributed by atoms with E-state index in [4.69, 9.17) is 10.5 Å². The predicted molar refractivity (Wildman–Crippen MR) is 67.1 cm³/mol. The lowest BCUT2D eigenvalue weighted by atomic mass is 10.2. The third-order valence-electron chi connectivity index (χ3n) is 2.39. The third-order valence-corrected chi connectivity index (χ3v) is 2.39. The highest BCUT2D eigenvalue weighted by atomic mass is 19.1. The normalized spacial score (nSPS) is 10.0. The van der Waals surface area contributed by atoms with Gasteiger partial charge in [0.1, 0.15) is 11.6 Å². The number of ether oxygens (including phenoxy) is 1. The molecule has 0 atom stereocenters. The molecule has 17 heavy (non-hydrogen) atoms. The summed E-state index contributed by atoms with van der Waals surface area (Å²) in [6, 6.07) is 11.7. The smallest absolute Gasteiger partial charge is 0.146 e. The Bertz CT molecular complexity index is 529. The zero-order chi connectivity index (χ0) is 12.3. The van der Waals surface area contributed by atoms with Gasteiger partial charge < -0.3 is 15.8 Å². The first-order valence-electron chi connectivity index (χ1n) is 5.16. The van der Waals surface area contributed by atoms with Crippen molar-refractivity contribution in [1.82, 2.24) is 0 Å². The van der Waals surface area contributed by atoms with Gasteiger partial charge in [-0.15, -0.1) is 0 Å². The fourth-order valence-corrected chi connectivity index (χ4v) is 1.51. The van der Waals surface area contributed by atoms with Crippen LogP contribution in [0.15, 0.2) is 42.5 Å². The quantitative estimate of drug-likeness (QED) is 0.799. The van der Waals surface area contributed by atoms with Crippen LogP contribution in [0.3, 0.4) is 0 Å². The van der Waals surface area contributed by atoms with Crippen LogP contribution in [0.25, 0.3) is 0 Å². The van der Waals surface area contributed by atoms with Crippen molar-refractivity contribution < 1.29 is 9.13 Å². The Labute approximate surface area is 99.0 Å². The number of hydrogen-bond acceptors (Lipinski definition) is 3. The Hall–Kier alpha value is -2.23. The van der Waals surface area contributed by atoms with Gasteiger partial charge in [0, 0.05) is 11.8 Å². The largest absolute Gasteiger partial charge is 0.495 e. The molecule has 0 unspecified atom stereocenters. The summed E-state index contributed by atoms with van der Waals surface area (Å²) in [7, 11) is 1.54. The van der Waals surface area contributed by atoms with Crippen LogP contribution < -0.4 is 15.8 Å². The molecule has 0 saturated heterocycles. The van der Waals surface area contributed by atoms with Crippen molar-refractivity contribution in [2.24, 2.45) is 0 Å². The number of para-hydroxylation sites is 1. The highest BCUT2D eigenvalue weighted by Crippen LogP contribution is 2.27. The summed E-state index contributed by atoms with van der Waals surface area (Å²) < 4.78 is 18.5. The van der Waals surface area contributed by atoms with Gasteiger partial charge in [0.2, 0.25) is 0 Å². The van der Waals surface area contributed by atoms with E-state index in [9.17, 15) is 4.39 Å². The molecule has 0 aliphatic heterocycles. The lowest BCUT2D eigenvalue weighted by molar-refractivity contribution is 0.417. The van der Waals surface area contributed by atoms with Crippen molar-refractivity contribution in [3.63, 3.8) is 0 Å². The standard InChI is InChI=1S/C13H13FN2O/c1-17-13-8-9(6-7-11(13)15)16-12-5-3-2-4-10(12)14/h2-8,16H,15H2,1H3. The van der Waals surface area contributed by atoms with Gasteiger partial charge in [-0.25, -0.2) is 4.39 Å². The zero-order valence-corrected chi connectivity index (χ0v) is 9.41. The molecule has 0 aromatic heterocycles. The molecule has 2 aromatic carbocycles. The average Bonchev–Trinajstić information content (AvgIpc) is 2.34. The van der Waals surface area contributed by atoms with E-state index in [0.29, 0.717) is 17.1 Å². The monoisotopic (exact) mass is 232 g/mol. The summed E-state index contributed by atoms with van der Waals surface area (Å²) in [5, 5.41) is 2.96. The second kappa shape index (κ2) is 4.74. The van der Waals surface area contributed by atoms with E-state index in [1.165, 1.54) is 6.07 Å². The Morgan fingerprint density at radius 2 is 1.94 bits per heavy atom. The van der Waals surface area contributed by atoms with Crippen LogP contribution in [0.1, 0.15) is 0 Å². The van der Waals surface area contributed by atoms with Gasteiger partial charge in [0.15, 0.2) is 0 Å². The van der Waals surface area contributed by atoms with Gasteiger partial charge in [-0.2, -0.15) is 0 Å². The van der Waals surface area contributed by atoms with Crippen molar-refractivity contribution in [2.45, 2.75) is 0 Å². The topological polar surface area (TPSA) is 47.3 Å². The zero-order valence-electron chi connectivity index (χ0n) is 9.41. The van der Waals surface area contributed by atoms with Crippen LogP contribution in [0.4, 0.5) is 21.5 Å². The lowest BCUT2D eigenvalue weighted by Gasteiger charge is -2.10. The van der Waals surface area contributed by atoms with Gasteiger partial charge in [0.05, 0.1) is 18.5 Å². The molecule has 0 bridgehead atoms. The minimum absolute atomic E-state index is 0.303. The van der Waals surface area contributed by atoms with E-state index in [1.54, 1.807) is 43.5 Å². The van der Waals surface area contributed by atoms with Gasteiger partial charge in [-0.1, -0.05) is 12.1 Å². The molecule has 0 amide bonds. The molecule has 88 valence electrons. The molecule has 0 heterocycles. The van der Waals surface area contributed by atoms with Crippen LogP contribution in [-0.4, -0.2) is 7.11 Å². The molecule has 0 fully saturated rings. The number of hydrogen-bond donors (Lipinski definition) is 2. The van der Waals surface area contributed by atoms with E-state index >= 15 is 0 Å². The summed E-state index contributed by atoms with van der Waals surface area (Å²) in [5.74, 6) is 0.259. The number of anilines is 3. The van der Waals surface area contributed by atoms with Gasteiger partial charge >= 0.3 is 0 Å². The second-order valence-electron chi connectivity index (χ2n) is 3.56. The highest BCUT2D eigenvalue weighted by Gasteiger charge is 2.04. The Morgan fingerprint density at radius 1 is 1.18 bits per heavy atom. The molecule has 4 heteroatoms. The van der Waals surface area contributed by atoms with Crippen LogP contribution in [0.2, 0.25) is 0 Å². The molecule has 2 rings (SSSR count). The molecule has 0 spiro atoms. The van der Waals surface area contributed by atoms with Crippen molar-refractivity contribution in [2.75, 3.05) is 18.2 Å². The van der Waals surface area contributed by atoms with E-state index < -0.39 is 0 Å². The summed E-state index contributed by atoms with van der Waals surface area (Å²) >= 11 is 0. The molecule has 3 nitrogen and oxygen atoms in total. The predicted octanol–water partition coefficient (Wildman–Crippen LogP) is 3.16. The highest BCUT2D eigenvalue weighted by molar-refractivity contribution is 5.66. The number of benzene rings is 2. The molecule has 3 N–H and O–H groups in total. The van der Waals surface area contributed by atoms with E-state index in [2.05, 4.69) is 5.32 Å². The Kier molecular flexibility index (Phi) is 3.14. The summed E-state index contributed by atoms with van der Waals surface area (Å²) in [5.41, 5.74) is 7.38. The maximum atomic E-state index is 13.4. The van der Waals surface area contributed by atoms with E-state index in [0.717, 1.165) is 5.69 Å². The first kappa shape index (κ1) is 11.3. The van der Waals surface area contributed by atoms with Crippen molar-refractivity contribution in [1.29, 1.82) is 0 Å². The average molecular weight is 232 g/mol. The summed E-state index contributed by atoms with van der Waals surface area (Å²) in [6.45, 7) is 0. The SMILES string of the molecule is COc1cc(Nc2ccccc2F)ccc1N. The second-order valence-corrected chi connectivity index (χ2v) is 3.56. The van der Waals surface area contributed by atoms with Crippen LogP contribution in [-0.2, 0) is 0 Å². The minimum Gasteiger partial charge on any atom is -0.495 e. The maximum Gasteiger partial charge on any atom is 0.146 e. The Morgan fingerprint density at radius 3 is 2.65 bits per heavy atom. The number of methoxy groups -OCH3 is 1. The summed E-state index contributed by atoms with van der Waals surface area (Å²) in [4.78, 5) is 0. The van der Waals surface area contributed by atoms with Gasteiger partial charge in [-0.05, 0) is 24.3 Å². The molecule has 0 saturated carbocycles. The van der Waals surface area contributed by atoms with Gasteiger partial charge in [-0.3, -0.25) is 0 Å². The maximum absolute atomic E-state index is 13.4. The van der Waals surface area contributed by atoms with Crippen LogP contribution in [0, 0.1) is 5.82 Å². The molecule has 0 aliphatic carbocycles. The fourth-order valence-electron chi connectivity index (χ4n) is 1.51. The number of nitrogen functional groups attached to an aromatic ring is 1. The molecular formula is C13H13FN2O. The van der Waals surface area contributed by atoms with E-state index in [1.807, 2.05) is 0 Å². The van der Waals surface area contributed by atoms with E-state index in [-0.39, 0.29) is 5.82 Å².